The quantitative estimate of drug-likeness (QED) is 0.791. The monoisotopic (exact) mass is 358 g/mol. The lowest BCUT2D eigenvalue weighted by Gasteiger charge is -2.10. The van der Waals surface area contributed by atoms with Gasteiger partial charge in [0.25, 0.3) is 0 Å². The van der Waals surface area contributed by atoms with Crippen molar-refractivity contribution in [2.45, 2.75) is 13.2 Å². The summed E-state index contributed by atoms with van der Waals surface area (Å²) in [7, 11) is 0. The number of amides is 1. The molecule has 0 aromatic heterocycles. The molecule has 4 nitrogen and oxygen atoms in total. The van der Waals surface area contributed by atoms with E-state index in [-0.39, 0.29) is 35.6 Å². The van der Waals surface area contributed by atoms with Gasteiger partial charge in [0.1, 0.15) is 11.6 Å². The van der Waals surface area contributed by atoms with Crippen molar-refractivity contribution in [3.05, 3.63) is 58.9 Å². The molecule has 0 aliphatic heterocycles. The van der Waals surface area contributed by atoms with Gasteiger partial charge in [-0.2, -0.15) is 8.78 Å². The predicted molar refractivity (Wildman–Crippen MR) is 84.8 cm³/mol. The second-order valence-electron chi connectivity index (χ2n) is 4.78. The average molecular weight is 359 g/mol. The minimum absolute atomic E-state index is 0.00650. The molecule has 2 aromatic carbocycles. The second-order valence-corrected chi connectivity index (χ2v) is 5.19. The zero-order valence-electron chi connectivity index (χ0n) is 12.4. The number of ether oxygens (including phenoxy) is 1. The third-order valence-corrected chi connectivity index (χ3v) is 3.30. The molecule has 0 heterocycles. The highest BCUT2D eigenvalue weighted by molar-refractivity contribution is 6.32. The van der Waals surface area contributed by atoms with Crippen LogP contribution in [-0.2, 0) is 11.3 Å². The molecule has 128 valence electrons. The van der Waals surface area contributed by atoms with E-state index >= 15 is 0 Å². The first-order valence-electron chi connectivity index (χ1n) is 6.93. The Bertz CT molecular complexity index is 696. The van der Waals surface area contributed by atoms with Gasteiger partial charge in [-0.3, -0.25) is 4.79 Å². The normalized spacial score (nSPS) is 10.5. The van der Waals surface area contributed by atoms with Crippen molar-refractivity contribution >= 4 is 23.2 Å². The molecule has 0 saturated carbocycles. The summed E-state index contributed by atoms with van der Waals surface area (Å²) in [4.78, 5) is 11.7. The molecule has 0 unspecified atom stereocenters. The van der Waals surface area contributed by atoms with Crippen LogP contribution < -0.4 is 15.4 Å². The number of halogens is 4. The molecule has 8 heteroatoms. The molecule has 2 rings (SSSR count). The molecule has 2 N–H and O–H groups in total. The molecule has 1 amide bonds. The average Bonchev–Trinajstić information content (AvgIpc) is 2.54. The number of hydrogen-bond acceptors (Lipinski definition) is 3. The van der Waals surface area contributed by atoms with Crippen molar-refractivity contribution in [2.24, 2.45) is 0 Å². The number of nitrogens with one attached hydrogen (secondary N) is 2. The molecule has 0 aliphatic rings. The highest BCUT2D eigenvalue weighted by Gasteiger charge is 2.09. The summed E-state index contributed by atoms with van der Waals surface area (Å²) in [5.41, 5.74) is 1.25. The van der Waals surface area contributed by atoms with Crippen molar-refractivity contribution in [3.8, 4) is 5.75 Å². The molecular formula is C16H14ClF3N2O2. The summed E-state index contributed by atoms with van der Waals surface area (Å²) in [6, 6.07) is 9.90. The SMILES string of the molecule is O=C(CNc1ccc(OC(F)F)c(Cl)c1)NCc1ccc(F)cc1. The molecule has 0 fully saturated rings. The summed E-state index contributed by atoms with van der Waals surface area (Å²) in [6.07, 6.45) is 0. The third kappa shape index (κ3) is 5.66. The van der Waals surface area contributed by atoms with Gasteiger partial charge in [0.05, 0.1) is 11.6 Å². The summed E-state index contributed by atoms with van der Waals surface area (Å²) in [6.45, 7) is -2.73. The maximum absolute atomic E-state index is 12.8. The Labute approximate surface area is 141 Å². The smallest absolute Gasteiger partial charge is 0.387 e. The van der Waals surface area contributed by atoms with Crippen LogP contribution in [0.25, 0.3) is 0 Å². The Morgan fingerprint density at radius 1 is 1.17 bits per heavy atom. The van der Waals surface area contributed by atoms with Gasteiger partial charge in [0.2, 0.25) is 5.91 Å². The molecule has 0 bridgehead atoms. The van der Waals surface area contributed by atoms with E-state index in [2.05, 4.69) is 15.4 Å². The van der Waals surface area contributed by atoms with Gasteiger partial charge in [0, 0.05) is 12.2 Å². The summed E-state index contributed by atoms with van der Waals surface area (Å²) in [5, 5.41) is 5.48. The molecule has 0 aliphatic carbocycles. The topological polar surface area (TPSA) is 50.4 Å². The highest BCUT2D eigenvalue weighted by Crippen LogP contribution is 2.28. The standard InChI is InChI=1S/C16H14ClF3N2O2/c17-13-7-12(5-6-14(13)24-16(19)20)21-9-15(23)22-8-10-1-3-11(18)4-2-10/h1-7,16,21H,8-9H2,(H,22,23). The zero-order chi connectivity index (χ0) is 17.5. The highest BCUT2D eigenvalue weighted by atomic mass is 35.5. The summed E-state index contributed by atoms with van der Waals surface area (Å²) in [5.74, 6) is -0.774. The van der Waals surface area contributed by atoms with Crippen LogP contribution in [0.1, 0.15) is 5.56 Å². The minimum atomic E-state index is -2.96. The van der Waals surface area contributed by atoms with Crippen LogP contribution in [0.2, 0.25) is 5.02 Å². The van der Waals surface area contributed by atoms with E-state index in [9.17, 15) is 18.0 Å². The lowest BCUT2D eigenvalue weighted by atomic mass is 10.2. The molecule has 2 aromatic rings. The van der Waals surface area contributed by atoms with Crippen LogP contribution in [-0.4, -0.2) is 19.1 Å². The summed E-state index contributed by atoms with van der Waals surface area (Å²) >= 11 is 5.81. The number of rotatable bonds is 7. The lowest BCUT2D eigenvalue weighted by molar-refractivity contribution is -0.119. The van der Waals surface area contributed by atoms with Crippen LogP contribution in [0.3, 0.4) is 0 Å². The first-order valence-corrected chi connectivity index (χ1v) is 7.31. The summed E-state index contributed by atoms with van der Waals surface area (Å²) < 4.78 is 41.3. The van der Waals surface area contributed by atoms with Gasteiger partial charge in [-0.15, -0.1) is 0 Å². The van der Waals surface area contributed by atoms with Crippen molar-refractivity contribution in [2.75, 3.05) is 11.9 Å². The molecular weight excluding hydrogens is 345 g/mol. The Morgan fingerprint density at radius 2 is 1.88 bits per heavy atom. The van der Waals surface area contributed by atoms with E-state index in [4.69, 9.17) is 11.6 Å². The lowest BCUT2D eigenvalue weighted by Crippen LogP contribution is -2.29. The van der Waals surface area contributed by atoms with Crippen molar-refractivity contribution < 1.29 is 22.7 Å². The number of carbonyl (C=O) groups is 1. The Hall–Kier alpha value is -2.41. The van der Waals surface area contributed by atoms with E-state index in [1.165, 1.54) is 30.3 Å². The number of alkyl halides is 2. The molecule has 0 radical (unpaired) electrons. The number of benzene rings is 2. The van der Waals surface area contributed by atoms with Crippen LogP contribution >= 0.6 is 11.6 Å². The van der Waals surface area contributed by atoms with Gasteiger partial charge in [-0.1, -0.05) is 23.7 Å². The fourth-order valence-corrected chi connectivity index (χ4v) is 2.08. The van der Waals surface area contributed by atoms with Crippen LogP contribution in [0.4, 0.5) is 18.9 Å². The van der Waals surface area contributed by atoms with E-state index in [0.717, 1.165) is 5.56 Å². The second kappa shape index (κ2) is 8.44. The van der Waals surface area contributed by atoms with Gasteiger partial charge in [0.15, 0.2) is 0 Å². The number of carbonyl (C=O) groups excluding carboxylic acids is 1. The zero-order valence-corrected chi connectivity index (χ0v) is 13.1. The molecule has 24 heavy (non-hydrogen) atoms. The molecule has 0 saturated heterocycles. The Morgan fingerprint density at radius 3 is 2.50 bits per heavy atom. The fraction of sp³-hybridized carbons (Fsp3) is 0.188. The third-order valence-electron chi connectivity index (χ3n) is 3.00. The van der Waals surface area contributed by atoms with Gasteiger partial charge < -0.3 is 15.4 Å². The Balaban J connectivity index is 1.81. The van der Waals surface area contributed by atoms with E-state index in [1.54, 1.807) is 12.1 Å². The maximum Gasteiger partial charge on any atom is 0.387 e. The van der Waals surface area contributed by atoms with Gasteiger partial charge in [-0.25, -0.2) is 4.39 Å². The van der Waals surface area contributed by atoms with Crippen molar-refractivity contribution in [3.63, 3.8) is 0 Å². The largest absolute Gasteiger partial charge is 0.433 e. The van der Waals surface area contributed by atoms with Crippen LogP contribution in [0.15, 0.2) is 42.5 Å². The maximum atomic E-state index is 12.8. The first kappa shape index (κ1) is 17.9. The minimum Gasteiger partial charge on any atom is -0.433 e. The van der Waals surface area contributed by atoms with E-state index < -0.39 is 6.61 Å². The fourth-order valence-electron chi connectivity index (χ4n) is 1.85. The predicted octanol–water partition coefficient (Wildman–Crippen LogP) is 3.81. The van der Waals surface area contributed by atoms with Crippen LogP contribution in [0, 0.1) is 5.82 Å². The van der Waals surface area contributed by atoms with E-state index in [1.807, 2.05) is 0 Å². The number of hydrogen-bond donors (Lipinski definition) is 2. The van der Waals surface area contributed by atoms with Crippen molar-refractivity contribution in [1.29, 1.82) is 0 Å². The van der Waals surface area contributed by atoms with Gasteiger partial charge >= 0.3 is 6.61 Å². The first-order chi connectivity index (χ1) is 11.4. The molecule has 0 spiro atoms. The van der Waals surface area contributed by atoms with Gasteiger partial charge in [-0.05, 0) is 35.9 Å². The molecule has 0 atom stereocenters. The number of anilines is 1. The van der Waals surface area contributed by atoms with Crippen LogP contribution in [0.5, 0.6) is 5.75 Å². The van der Waals surface area contributed by atoms with E-state index in [0.29, 0.717) is 5.69 Å². The van der Waals surface area contributed by atoms with Crippen molar-refractivity contribution in [1.82, 2.24) is 5.32 Å². The Kier molecular flexibility index (Phi) is 6.31.